The van der Waals surface area contributed by atoms with Crippen LogP contribution in [-0.4, -0.2) is 81.2 Å². The predicted octanol–water partition coefficient (Wildman–Crippen LogP) is 10.5. The number of hydrogen-bond acceptors (Lipinski definition) is 11. The maximum absolute atomic E-state index is 10.4. The van der Waals surface area contributed by atoms with Crippen LogP contribution in [0.2, 0.25) is 0 Å². The second-order valence-corrected chi connectivity index (χ2v) is 17.1. The third kappa shape index (κ3) is 14.8. The molecule has 2 fully saturated rings. The van der Waals surface area contributed by atoms with Crippen molar-refractivity contribution >= 4 is 0 Å². The maximum Gasteiger partial charge on any atom is 0.187 e. The number of azide groups is 1. The number of hydrogen-bond donors (Lipinski definition) is 0. The van der Waals surface area contributed by atoms with E-state index in [2.05, 4.69) is 16.6 Å². The summed E-state index contributed by atoms with van der Waals surface area (Å²) in [5, 5.41) is 4.39. The summed E-state index contributed by atoms with van der Waals surface area (Å²) < 4.78 is 67.8. The highest BCUT2D eigenvalue weighted by molar-refractivity contribution is 5.18. The van der Waals surface area contributed by atoms with Gasteiger partial charge in [0.1, 0.15) is 48.8 Å². The van der Waals surface area contributed by atoms with Crippen LogP contribution in [0.1, 0.15) is 33.4 Å². The van der Waals surface area contributed by atoms with Gasteiger partial charge in [0.25, 0.3) is 0 Å². The van der Waals surface area contributed by atoms with Crippen molar-refractivity contribution < 1.29 is 47.4 Å². The van der Waals surface area contributed by atoms with Crippen molar-refractivity contribution in [3.05, 3.63) is 238 Å². The Morgan fingerprint density at radius 1 is 0.429 bits per heavy atom. The molecule has 0 unspecified atom stereocenters. The van der Waals surface area contributed by atoms with Crippen LogP contribution in [0.15, 0.2) is 200 Å². The zero-order valence-corrected chi connectivity index (χ0v) is 39.2. The van der Waals surface area contributed by atoms with Crippen LogP contribution in [0.25, 0.3) is 10.4 Å². The minimum absolute atomic E-state index is 0.0589. The van der Waals surface area contributed by atoms with Gasteiger partial charge in [0.05, 0.1) is 59.5 Å². The fourth-order valence-corrected chi connectivity index (χ4v) is 8.51. The van der Waals surface area contributed by atoms with Gasteiger partial charge in [-0.15, -0.1) is 6.58 Å². The Kier molecular flexibility index (Phi) is 19.7. The lowest BCUT2D eigenvalue weighted by atomic mass is 9.95. The van der Waals surface area contributed by atoms with Crippen LogP contribution in [0, 0.1) is 0 Å². The number of rotatable bonds is 26. The third-order valence-corrected chi connectivity index (χ3v) is 12.0. The van der Waals surface area contributed by atoms with Crippen LogP contribution >= 0.6 is 0 Å². The normalized spacial score (nSPS) is 24.3. The van der Waals surface area contributed by atoms with Crippen LogP contribution in [0.5, 0.6) is 0 Å². The van der Waals surface area contributed by atoms with Crippen LogP contribution in [-0.2, 0) is 87.0 Å². The van der Waals surface area contributed by atoms with Crippen molar-refractivity contribution in [1.82, 2.24) is 0 Å². The Balaban J connectivity index is 1.17. The fourth-order valence-electron chi connectivity index (χ4n) is 8.51. The van der Waals surface area contributed by atoms with Crippen molar-refractivity contribution in [3.8, 4) is 0 Å². The van der Waals surface area contributed by atoms with E-state index >= 15 is 0 Å². The first-order valence-corrected chi connectivity index (χ1v) is 23.7. The first-order valence-electron chi connectivity index (χ1n) is 23.7. The second kappa shape index (κ2) is 27.4. The first-order chi connectivity index (χ1) is 34.6. The number of benzene rings is 6. The van der Waals surface area contributed by atoms with Gasteiger partial charge in [0.2, 0.25) is 0 Å². The maximum atomic E-state index is 10.4. The molecule has 8 rings (SSSR count). The van der Waals surface area contributed by atoms with Gasteiger partial charge < -0.3 is 47.4 Å². The van der Waals surface area contributed by atoms with Crippen molar-refractivity contribution in [2.24, 2.45) is 5.11 Å². The summed E-state index contributed by atoms with van der Waals surface area (Å²) >= 11 is 0. The summed E-state index contributed by atoms with van der Waals surface area (Å²) in [5.41, 5.74) is 16.1. The molecule has 10 atom stereocenters. The van der Waals surface area contributed by atoms with E-state index in [0.717, 1.165) is 33.4 Å². The minimum Gasteiger partial charge on any atom is -0.374 e. The van der Waals surface area contributed by atoms with E-state index in [0.29, 0.717) is 13.2 Å². The Labute approximate surface area is 410 Å². The molecule has 0 aromatic heterocycles. The standard InChI is InChI=1S/C57H61N3O10/c1-2-33-63-57-55(67-39-47-31-19-8-20-32-47)54(66-38-46-29-17-7-18-30-46)52(49(69-57)41-62-35-43-23-11-4-12-24-43)70-56-50(59-60-58)53(65-37-45-27-15-6-16-28-45)51(64-36-44-25-13-5-14-26-44)48(68-56)40-61-34-42-21-9-3-10-22-42/h2-32,48-57H,1,33-41H2/t48-,49-,50-,51-,52-,53-,54+,55+,56-,57+/m1/s1. The van der Waals surface area contributed by atoms with Crippen molar-refractivity contribution in [2.75, 3.05) is 19.8 Å². The molecule has 6 aromatic rings. The second-order valence-electron chi connectivity index (χ2n) is 17.1. The Morgan fingerprint density at radius 2 is 0.786 bits per heavy atom. The summed E-state index contributed by atoms with van der Waals surface area (Å²) in [4.78, 5) is 3.37. The lowest BCUT2D eigenvalue weighted by Gasteiger charge is -2.49. The van der Waals surface area contributed by atoms with Crippen LogP contribution in [0.3, 0.4) is 0 Å². The van der Waals surface area contributed by atoms with Gasteiger partial charge in [-0.25, -0.2) is 0 Å². The Morgan fingerprint density at radius 3 is 1.20 bits per heavy atom. The first kappa shape index (κ1) is 50.4. The molecule has 0 radical (unpaired) electrons. The predicted molar refractivity (Wildman–Crippen MR) is 264 cm³/mol. The van der Waals surface area contributed by atoms with E-state index in [1.807, 2.05) is 182 Å². The average Bonchev–Trinajstić information content (AvgIpc) is 3.41. The van der Waals surface area contributed by atoms with Gasteiger partial charge in [0.15, 0.2) is 12.6 Å². The largest absolute Gasteiger partial charge is 0.374 e. The van der Waals surface area contributed by atoms with Gasteiger partial charge in [-0.1, -0.05) is 193 Å². The fraction of sp³-hybridized carbons (Fsp3) is 0.333. The molecular weight excluding hydrogens is 887 g/mol. The average molecular weight is 948 g/mol. The summed E-state index contributed by atoms with van der Waals surface area (Å²) in [5.74, 6) is 0. The summed E-state index contributed by atoms with van der Waals surface area (Å²) in [6, 6.07) is 58.1. The molecule has 6 aromatic carbocycles. The van der Waals surface area contributed by atoms with E-state index in [4.69, 9.17) is 47.4 Å². The SMILES string of the molecule is C=CCO[C@H]1O[C@H](COCc2ccccc2)[C@@H](O[C@H]2O[C@H](COCc3ccccc3)[C@@H](OCc3ccccc3)[C@H](OCc3ccccc3)[C@H]2N=[N+]=[N-])[C@H](OCc2ccccc2)[C@@H]1OCc1ccccc1. The van der Waals surface area contributed by atoms with Gasteiger partial charge >= 0.3 is 0 Å². The molecule has 0 N–H and O–H groups in total. The van der Waals surface area contributed by atoms with Crippen molar-refractivity contribution in [1.29, 1.82) is 0 Å². The molecule has 2 heterocycles. The van der Waals surface area contributed by atoms with Crippen molar-refractivity contribution in [3.63, 3.8) is 0 Å². The molecule has 2 aliphatic heterocycles. The molecule has 2 aliphatic rings. The number of ether oxygens (including phenoxy) is 10. The monoisotopic (exact) mass is 947 g/mol. The topological polar surface area (TPSA) is 141 Å². The molecule has 0 amide bonds. The zero-order chi connectivity index (χ0) is 48.0. The van der Waals surface area contributed by atoms with Gasteiger partial charge in [-0.3, -0.25) is 0 Å². The minimum atomic E-state index is -1.24. The molecule has 70 heavy (non-hydrogen) atoms. The lowest BCUT2D eigenvalue weighted by Crippen LogP contribution is -2.65. The molecule has 2 saturated heterocycles. The molecule has 0 aliphatic carbocycles. The highest BCUT2D eigenvalue weighted by atomic mass is 16.8. The highest BCUT2D eigenvalue weighted by Gasteiger charge is 2.54. The molecule has 0 bridgehead atoms. The summed E-state index contributed by atoms with van der Waals surface area (Å²) in [6.45, 7) is 5.66. The Hall–Kier alpha value is -6.03. The van der Waals surface area contributed by atoms with Gasteiger partial charge in [-0.05, 0) is 38.9 Å². The Bertz CT molecular complexity index is 2440. The smallest absolute Gasteiger partial charge is 0.187 e. The number of nitrogens with zero attached hydrogens (tertiary/aromatic N) is 3. The summed E-state index contributed by atoms with van der Waals surface area (Å²) in [7, 11) is 0. The molecule has 364 valence electrons. The van der Waals surface area contributed by atoms with Crippen molar-refractivity contribution in [2.45, 2.75) is 101 Å². The molecule has 0 spiro atoms. The molecule has 13 nitrogen and oxygen atoms in total. The molecular formula is C57H61N3O10. The summed E-state index contributed by atoms with van der Waals surface area (Å²) in [6.07, 6.45) is -6.48. The lowest BCUT2D eigenvalue weighted by molar-refractivity contribution is -0.360. The molecule has 13 heteroatoms. The van der Waals surface area contributed by atoms with E-state index in [1.165, 1.54) is 0 Å². The van der Waals surface area contributed by atoms with E-state index in [1.54, 1.807) is 6.08 Å². The van der Waals surface area contributed by atoms with Gasteiger partial charge in [0, 0.05) is 4.91 Å². The third-order valence-electron chi connectivity index (χ3n) is 12.0. The van der Waals surface area contributed by atoms with Crippen LogP contribution < -0.4 is 0 Å². The highest BCUT2D eigenvalue weighted by Crippen LogP contribution is 2.37. The quantitative estimate of drug-likeness (QED) is 0.0223. The van der Waals surface area contributed by atoms with E-state index in [9.17, 15) is 5.53 Å². The zero-order valence-electron chi connectivity index (χ0n) is 39.2. The van der Waals surface area contributed by atoms with Crippen LogP contribution in [0.4, 0.5) is 0 Å². The van der Waals surface area contributed by atoms with E-state index < -0.39 is 61.3 Å². The van der Waals surface area contributed by atoms with E-state index in [-0.39, 0.29) is 46.2 Å². The molecule has 0 saturated carbocycles. The van der Waals surface area contributed by atoms with Gasteiger partial charge in [-0.2, -0.15) is 0 Å².